The molecular weight excluding hydrogens is 380 g/mol. The first-order valence-electron chi connectivity index (χ1n) is 10.3. The van der Waals surface area contributed by atoms with E-state index < -0.39 is 11.9 Å². The predicted octanol–water partition coefficient (Wildman–Crippen LogP) is 2.01. The van der Waals surface area contributed by atoms with Crippen molar-refractivity contribution in [3.05, 3.63) is 64.7 Å². The Morgan fingerprint density at radius 1 is 1.10 bits per heavy atom. The molecule has 1 unspecified atom stereocenters. The van der Waals surface area contributed by atoms with Crippen molar-refractivity contribution in [2.45, 2.75) is 50.4 Å². The molecule has 3 amide bonds. The molecule has 1 atom stereocenters. The number of nitrogens with two attached hydrogens (primary N) is 1. The van der Waals surface area contributed by atoms with Crippen LogP contribution in [0.4, 0.5) is 5.69 Å². The van der Waals surface area contributed by atoms with Crippen LogP contribution in [0.1, 0.15) is 52.7 Å². The lowest BCUT2D eigenvalue weighted by atomic mass is 10.0. The fraction of sp³-hybridized carbons (Fsp3) is 0.348. The molecule has 1 aliphatic carbocycles. The van der Waals surface area contributed by atoms with Gasteiger partial charge < -0.3 is 16.0 Å². The summed E-state index contributed by atoms with van der Waals surface area (Å²) in [6.07, 6.45) is 2.57. The normalized spacial score (nSPS) is 22.0. The van der Waals surface area contributed by atoms with E-state index in [1.54, 1.807) is 4.90 Å². The average Bonchev–Trinajstić information content (AvgIpc) is 3.40. The van der Waals surface area contributed by atoms with Crippen molar-refractivity contribution in [3.63, 3.8) is 0 Å². The van der Waals surface area contributed by atoms with E-state index in [1.807, 2.05) is 36.4 Å². The standard InChI is InChI=1S/C23H24N4O3/c24-23(10-11-23)16-6-1-2-7-17(16)25-12-14-4-3-5-15-13-27(22(30)20(14)15)18-8-9-19(28)26-21(18)29/h1-7,18,25H,8-13,24H2,(H,26,28,29). The highest BCUT2D eigenvalue weighted by Crippen LogP contribution is 2.45. The van der Waals surface area contributed by atoms with E-state index in [9.17, 15) is 14.4 Å². The van der Waals surface area contributed by atoms with E-state index in [4.69, 9.17) is 5.73 Å². The molecule has 0 bridgehead atoms. The van der Waals surface area contributed by atoms with Crippen LogP contribution >= 0.6 is 0 Å². The van der Waals surface area contributed by atoms with Crippen molar-refractivity contribution in [3.8, 4) is 0 Å². The molecule has 0 aromatic heterocycles. The molecule has 1 saturated heterocycles. The lowest BCUT2D eigenvalue weighted by Crippen LogP contribution is -2.52. The Morgan fingerprint density at radius 2 is 1.90 bits per heavy atom. The second kappa shape index (κ2) is 6.95. The highest BCUT2D eigenvalue weighted by Gasteiger charge is 2.42. The molecule has 2 aromatic rings. The smallest absolute Gasteiger partial charge is 0.255 e. The lowest BCUT2D eigenvalue weighted by molar-refractivity contribution is -0.136. The van der Waals surface area contributed by atoms with Gasteiger partial charge in [-0.2, -0.15) is 0 Å². The molecule has 2 aliphatic heterocycles. The van der Waals surface area contributed by atoms with Gasteiger partial charge in [-0.1, -0.05) is 36.4 Å². The number of benzene rings is 2. The summed E-state index contributed by atoms with van der Waals surface area (Å²) in [7, 11) is 0. The number of hydrogen-bond acceptors (Lipinski definition) is 5. The molecule has 3 aliphatic rings. The van der Waals surface area contributed by atoms with Crippen LogP contribution in [0.2, 0.25) is 0 Å². The van der Waals surface area contributed by atoms with Crippen molar-refractivity contribution < 1.29 is 14.4 Å². The molecular formula is C23H24N4O3. The topological polar surface area (TPSA) is 105 Å². The first kappa shape index (κ1) is 18.8. The number of nitrogens with one attached hydrogen (secondary N) is 2. The minimum absolute atomic E-state index is 0.150. The zero-order chi connectivity index (χ0) is 20.9. The number of amides is 3. The number of para-hydroxylation sites is 1. The van der Waals surface area contributed by atoms with Gasteiger partial charge in [-0.25, -0.2) is 0 Å². The third-order valence-electron chi connectivity index (χ3n) is 6.36. The van der Waals surface area contributed by atoms with Crippen molar-refractivity contribution in [1.29, 1.82) is 0 Å². The monoisotopic (exact) mass is 404 g/mol. The summed E-state index contributed by atoms with van der Waals surface area (Å²) in [5.74, 6) is -0.821. The van der Waals surface area contributed by atoms with Gasteiger partial charge in [0, 0.05) is 36.3 Å². The first-order valence-corrected chi connectivity index (χ1v) is 10.3. The van der Waals surface area contributed by atoms with Gasteiger partial charge in [0.25, 0.3) is 5.91 Å². The largest absolute Gasteiger partial charge is 0.381 e. The molecule has 7 heteroatoms. The molecule has 0 radical (unpaired) electrons. The SMILES string of the molecule is NC1(c2ccccc2NCc2cccc3c2C(=O)N(C2CCC(=O)NC2=O)C3)CC1. The van der Waals surface area contributed by atoms with Crippen LogP contribution in [0.5, 0.6) is 0 Å². The number of anilines is 1. The second-order valence-corrected chi connectivity index (χ2v) is 8.41. The number of piperidine rings is 1. The molecule has 2 fully saturated rings. The molecule has 30 heavy (non-hydrogen) atoms. The van der Waals surface area contributed by atoms with E-state index in [0.29, 0.717) is 25.1 Å². The Bertz CT molecular complexity index is 1060. The number of carbonyl (C=O) groups excluding carboxylic acids is 3. The van der Waals surface area contributed by atoms with Crippen molar-refractivity contribution in [2.75, 3.05) is 5.32 Å². The highest BCUT2D eigenvalue weighted by atomic mass is 16.2. The van der Waals surface area contributed by atoms with Crippen molar-refractivity contribution >= 4 is 23.4 Å². The van der Waals surface area contributed by atoms with Gasteiger partial charge in [0.15, 0.2) is 0 Å². The van der Waals surface area contributed by atoms with Crippen LogP contribution in [0.15, 0.2) is 42.5 Å². The van der Waals surface area contributed by atoms with E-state index in [0.717, 1.165) is 35.2 Å². The number of fused-ring (bicyclic) bond motifs is 1. The van der Waals surface area contributed by atoms with Crippen LogP contribution in [0.3, 0.4) is 0 Å². The second-order valence-electron chi connectivity index (χ2n) is 8.41. The summed E-state index contributed by atoms with van der Waals surface area (Å²) in [6, 6.07) is 13.2. The van der Waals surface area contributed by atoms with Crippen LogP contribution in [-0.4, -0.2) is 28.7 Å². The molecule has 7 nitrogen and oxygen atoms in total. The average molecular weight is 404 g/mol. The Kier molecular flexibility index (Phi) is 4.36. The number of hydrogen-bond donors (Lipinski definition) is 3. The molecule has 1 saturated carbocycles. The summed E-state index contributed by atoms with van der Waals surface area (Å²) in [5.41, 5.74) is 10.7. The fourth-order valence-corrected chi connectivity index (χ4v) is 4.50. The third-order valence-corrected chi connectivity index (χ3v) is 6.36. The Balaban J connectivity index is 1.37. The minimum Gasteiger partial charge on any atom is -0.381 e. The summed E-state index contributed by atoms with van der Waals surface area (Å²) in [4.78, 5) is 38.5. The molecule has 5 rings (SSSR count). The molecule has 4 N–H and O–H groups in total. The number of carbonyl (C=O) groups is 3. The summed E-state index contributed by atoms with van der Waals surface area (Å²) in [5, 5.41) is 5.81. The maximum atomic E-state index is 13.2. The zero-order valence-corrected chi connectivity index (χ0v) is 16.6. The Morgan fingerprint density at radius 3 is 2.67 bits per heavy atom. The highest BCUT2D eigenvalue weighted by molar-refractivity contribution is 6.06. The van der Waals surface area contributed by atoms with Crippen molar-refractivity contribution in [2.24, 2.45) is 5.73 Å². The van der Waals surface area contributed by atoms with Crippen molar-refractivity contribution in [1.82, 2.24) is 10.2 Å². The summed E-state index contributed by atoms with van der Waals surface area (Å²) in [6.45, 7) is 0.877. The lowest BCUT2D eigenvalue weighted by Gasteiger charge is -2.29. The van der Waals surface area contributed by atoms with E-state index in [-0.39, 0.29) is 23.8 Å². The van der Waals surface area contributed by atoms with Gasteiger partial charge in [-0.05, 0) is 42.0 Å². The fourth-order valence-electron chi connectivity index (χ4n) is 4.50. The molecule has 2 aromatic carbocycles. The van der Waals surface area contributed by atoms with Gasteiger partial charge in [0.2, 0.25) is 11.8 Å². The van der Waals surface area contributed by atoms with Gasteiger partial charge >= 0.3 is 0 Å². The van der Waals surface area contributed by atoms with Gasteiger partial charge in [0.1, 0.15) is 6.04 Å². The number of imide groups is 1. The molecule has 2 heterocycles. The van der Waals surface area contributed by atoms with Crippen LogP contribution in [0, 0.1) is 0 Å². The van der Waals surface area contributed by atoms with Gasteiger partial charge in [-0.15, -0.1) is 0 Å². The van der Waals surface area contributed by atoms with Crippen LogP contribution in [0.25, 0.3) is 0 Å². The maximum Gasteiger partial charge on any atom is 0.255 e. The first-order chi connectivity index (χ1) is 14.5. The van der Waals surface area contributed by atoms with Gasteiger partial charge in [0.05, 0.1) is 0 Å². The third kappa shape index (κ3) is 3.15. The molecule has 154 valence electrons. The maximum absolute atomic E-state index is 13.2. The quantitative estimate of drug-likeness (QED) is 0.662. The van der Waals surface area contributed by atoms with Crippen LogP contribution < -0.4 is 16.4 Å². The number of rotatable bonds is 5. The Hall–Kier alpha value is -3.19. The number of nitrogens with zero attached hydrogens (tertiary/aromatic N) is 1. The summed E-state index contributed by atoms with van der Waals surface area (Å²) < 4.78 is 0. The predicted molar refractivity (Wildman–Crippen MR) is 111 cm³/mol. The molecule has 0 spiro atoms. The minimum atomic E-state index is -0.601. The van der Waals surface area contributed by atoms with Gasteiger partial charge in [-0.3, -0.25) is 19.7 Å². The van der Waals surface area contributed by atoms with Crippen LogP contribution in [-0.2, 0) is 28.2 Å². The van der Waals surface area contributed by atoms with E-state index in [1.165, 1.54) is 0 Å². The summed E-state index contributed by atoms with van der Waals surface area (Å²) >= 11 is 0. The van der Waals surface area contributed by atoms with E-state index >= 15 is 0 Å². The Labute approximate surface area is 174 Å². The van der Waals surface area contributed by atoms with E-state index in [2.05, 4.69) is 16.7 Å². The zero-order valence-electron chi connectivity index (χ0n) is 16.6.